The van der Waals surface area contributed by atoms with Gasteiger partial charge in [0, 0.05) is 18.5 Å². The zero-order valence-electron chi connectivity index (χ0n) is 12.3. The maximum absolute atomic E-state index is 5.80. The van der Waals surface area contributed by atoms with Crippen LogP contribution in [-0.4, -0.2) is 26.4 Å². The van der Waals surface area contributed by atoms with Crippen molar-refractivity contribution in [2.75, 3.05) is 20.3 Å². The molecular weight excluding hydrogens is 358 g/mol. The Kier molecular flexibility index (Phi) is 6.61. The lowest BCUT2D eigenvalue weighted by atomic mass is 10.1. The lowest BCUT2D eigenvalue weighted by molar-refractivity contribution is 0.249. The second kappa shape index (κ2) is 8.22. The van der Waals surface area contributed by atoms with Crippen molar-refractivity contribution in [2.24, 2.45) is 0 Å². The van der Waals surface area contributed by atoms with Gasteiger partial charge >= 0.3 is 0 Å². The molecule has 21 heavy (non-hydrogen) atoms. The zero-order valence-corrected chi connectivity index (χ0v) is 14.7. The van der Waals surface area contributed by atoms with E-state index in [1.165, 1.54) is 18.4 Å². The average molecular weight is 379 g/mol. The highest BCUT2D eigenvalue weighted by Crippen LogP contribution is 2.38. The summed E-state index contributed by atoms with van der Waals surface area (Å²) in [4.78, 5) is 0. The van der Waals surface area contributed by atoms with E-state index in [0.717, 1.165) is 16.6 Å². The molecule has 0 bridgehead atoms. The molecule has 1 fully saturated rings. The van der Waals surface area contributed by atoms with Crippen LogP contribution in [0.1, 0.15) is 37.8 Å². The van der Waals surface area contributed by atoms with Crippen LogP contribution >= 0.6 is 27.8 Å². The molecule has 118 valence electrons. The first-order valence-corrected chi connectivity index (χ1v) is 8.25. The number of benzene rings is 1. The topological polar surface area (TPSA) is 39.7 Å². The molecule has 6 heteroatoms. The first kappa shape index (κ1) is 16.9. The van der Waals surface area contributed by atoms with Crippen molar-refractivity contribution in [3.8, 4) is 11.5 Å². The number of hydrogen-bond donors (Lipinski definition) is 1. The number of hydrogen-bond acceptors (Lipinski definition) is 4. The van der Waals surface area contributed by atoms with Crippen LogP contribution in [0, 0.1) is 0 Å². The number of halogens is 2. The van der Waals surface area contributed by atoms with Crippen LogP contribution in [0.2, 0.25) is 0 Å². The highest BCUT2D eigenvalue weighted by molar-refractivity contribution is 9.10. The van der Waals surface area contributed by atoms with Gasteiger partial charge in [0.25, 0.3) is 0 Å². The van der Waals surface area contributed by atoms with Crippen LogP contribution in [0.5, 0.6) is 11.5 Å². The Hall–Kier alpha value is -0.490. The second-order valence-corrected chi connectivity index (χ2v) is 6.28. The minimum absolute atomic E-state index is 0.285. The maximum Gasteiger partial charge on any atom is 0.174 e. The van der Waals surface area contributed by atoms with E-state index in [2.05, 4.69) is 38.5 Å². The fourth-order valence-electron chi connectivity index (χ4n) is 2.14. The Bertz CT molecular complexity index is 468. The average Bonchev–Trinajstić information content (AvgIpc) is 3.27. The van der Waals surface area contributed by atoms with E-state index in [-0.39, 0.29) is 6.04 Å². The van der Waals surface area contributed by atoms with Gasteiger partial charge < -0.3 is 14.8 Å². The molecule has 4 nitrogen and oxygen atoms in total. The van der Waals surface area contributed by atoms with Crippen molar-refractivity contribution >= 4 is 27.8 Å². The Morgan fingerprint density at radius 1 is 1.38 bits per heavy atom. The number of methoxy groups -OCH3 is 1. The highest BCUT2D eigenvalue weighted by Gasteiger charge is 2.24. The van der Waals surface area contributed by atoms with Gasteiger partial charge in [0.1, 0.15) is 0 Å². The number of ether oxygens (including phenoxy) is 2. The van der Waals surface area contributed by atoms with Crippen LogP contribution < -0.4 is 14.8 Å². The lowest BCUT2D eigenvalue weighted by Gasteiger charge is -2.18. The molecule has 0 spiro atoms. The Balaban J connectivity index is 2.09. The molecule has 1 N–H and O–H groups in total. The minimum Gasteiger partial charge on any atom is -0.492 e. The third-order valence-corrected chi connectivity index (χ3v) is 4.17. The van der Waals surface area contributed by atoms with Crippen molar-refractivity contribution in [1.29, 1.82) is 0 Å². The van der Waals surface area contributed by atoms with Crippen LogP contribution in [0.25, 0.3) is 0 Å². The summed E-state index contributed by atoms with van der Waals surface area (Å²) in [5.74, 6) is 1.45. The maximum atomic E-state index is 5.80. The summed E-state index contributed by atoms with van der Waals surface area (Å²) >= 11 is 8.74. The largest absolute Gasteiger partial charge is 0.492 e. The van der Waals surface area contributed by atoms with E-state index < -0.39 is 0 Å². The molecule has 0 saturated heterocycles. The number of rotatable bonds is 9. The van der Waals surface area contributed by atoms with Crippen LogP contribution in [0.15, 0.2) is 16.6 Å². The van der Waals surface area contributed by atoms with Crippen molar-refractivity contribution < 1.29 is 13.8 Å². The summed E-state index contributed by atoms with van der Waals surface area (Å²) in [6.07, 6.45) is 3.26. The summed E-state index contributed by atoms with van der Waals surface area (Å²) in [5.41, 5.74) is 1.18. The highest BCUT2D eigenvalue weighted by atomic mass is 79.9. The molecule has 1 aliphatic carbocycles. The fourth-order valence-corrected chi connectivity index (χ4v) is 2.87. The molecule has 0 aromatic heterocycles. The summed E-state index contributed by atoms with van der Waals surface area (Å²) in [7, 11) is 1.64. The predicted octanol–water partition coefficient (Wildman–Crippen LogP) is 4.21. The molecular formula is C15H21BrClNO3. The second-order valence-electron chi connectivity index (χ2n) is 5.21. The standard InChI is InChI=1S/C15H21BrClNO3/c1-10(18-12-4-5-12)11-8-13(16)15(19-2)14(9-11)20-6-3-7-21-17/h8-10,12,18H,3-7H2,1-2H3. The quantitative estimate of drug-likeness (QED) is 0.653. The Labute approximate surface area is 139 Å². The molecule has 1 aliphatic rings. The Morgan fingerprint density at radius 2 is 2.14 bits per heavy atom. The van der Waals surface area contributed by atoms with Crippen LogP contribution in [-0.2, 0) is 4.29 Å². The smallest absolute Gasteiger partial charge is 0.174 e. The van der Waals surface area contributed by atoms with Gasteiger partial charge in [0.05, 0.1) is 36.7 Å². The fraction of sp³-hybridized carbons (Fsp3) is 0.600. The van der Waals surface area contributed by atoms with E-state index in [9.17, 15) is 0 Å². The van der Waals surface area contributed by atoms with Gasteiger partial charge in [-0.2, -0.15) is 0 Å². The minimum atomic E-state index is 0.285. The van der Waals surface area contributed by atoms with E-state index in [0.29, 0.717) is 25.0 Å². The van der Waals surface area contributed by atoms with Gasteiger partial charge in [-0.3, -0.25) is 4.29 Å². The van der Waals surface area contributed by atoms with Crippen molar-refractivity contribution in [3.63, 3.8) is 0 Å². The third kappa shape index (κ3) is 5.02. The SMILES string of the molecule is COc1c(Br)cc(C(C)NC2CC2)cc1OCCCOCl. The molecule has 0 aliphatic heterocycles. The Morgan fingerprint density at radius 3 is 2.76 bits per heavy atom. The molecule has 1 atom stereocenters. The zero-order chi connectivity index (χ0) is 15.2. The molecule has 0 radical (unpaired) electrons. The first-order chi connectivity index (χ1) is 10.2. The van der Waals surface area contributed by atoms with Gasteiger partial charge in [0.2, 0.25) is 0 Å². The molecule has 2 rings (SSSR count). The first-order valence-electron chi connectivity index (χ1n) is 7.15. The monoisotopic (exact) mass is 377 g/mol. The molecule has 0 heterocycles. The van der Waals surface area contributed by atoms with Gasteiger partial charge in [-0.1, -0.05) is 0 Å². The van der Waals surface area contributed by atoms with Crippen LogP contribution in [0.4, 0.5) is 0 Å². The van der Waals surface area contributed by atoms with E-state index in [1.54, 1.807) is 7.11 Å². The van der Waals surface area contributed by atoms with Crippen molar-refractivity contribution in [2.45, 2.75) is 38.3 Å². The van der Waals surface area contributed by atoms with Gasteiger partial charge in [0.15, 0.2) is 11.5 Å². The van der Waals surface area contributed by atoms with Crippen LogP contribution in [0.3, 0.4) is 0 Å². The normalized spacial score (nSPS) is 15.8. The predicted molar refractivity (Wildman–Crippen MR) is 87.2 cm³/mol. The summed E-state index contributed by atoms with van der Waals surface area (Å²) < 4.78 is 16.6. The molecule has 1 unspecified atom stereocenters. The molecule has 0 amide bonds. The van der Waals surface area contributed by atoms with E-state index in [1.807, 2.05) is 6.07 Å². The van der Waals surface area contributed by atoms with Crippen molar-refractivity contribution in [1.82, 2.24) is 5.32 Å². The number of nitrogens with one attached hydrogen (secondary N) is 1. The van der Waals surface area contributed by atoms with Crippen molar-refractivity contribution in [3.05, 3.63) is 22.2 Å². The van der Waals surface area contributed by atoms with Gasteiger partial charge in [-0.25, -0.2) is 0 Å². The van der Waals surface area contributed by atoms with Gasteiger partial charge in [-0.05, 0) is 53.4 Å². The summed E-state index contributed by atoms with van der Waals surface area (Å²) in [6, 6.07) is 5.05. The van der Waals surface area contributed by atoms with E-state index in [4.69, 9.17) is 21.3 Å². The third-order valence-electron chi connectivity index (χ3n) is 3.42. The summed E-state index contributed by atoms with van der Waals surface area (Å²) in [6.45, 7) is 3.16. The molecule has 1 aromatic carbocycles. The van der Waals surface area contributed by atoms with E-state index >= 15 is 0 Å². The van der Waals surface area contributed by atoms with Gasteiger partial charge in [-0.15, -0.1) is 0 Å². The lowest BCUT2D eigenvalue weighted by Crippen LogP contribution is -2.20. The summed E-state index contributed by atoms with van der Waals surface area (Å²) in [5, 5.41) is 3.58. The molecule has 1 saturated carbocycles. The molecule has 1 aromatic rings.